The zero-order chi connectivity index (χ0) is 12.8. The van der Waals surface area contributed by atoms with Gasteiger partial charge in [0.25, 0.3) is 0 Å². The summed E-state index contributed by atoms with van der Waals surface area (Å²) in [5, 5.41) is 0. The molecule has 17 heavy (non-hydrogen) atoms. The number of carbonyl (C=O) groups is 1. The van der Waals surface area contributed by atoms with Crippen LogP contribution in [0.15, 0.2) is 18.2 Å². The van der Waals surface area contributed by atoms with Crippen LogP contribution >= 0.6 is 0 Å². The Morgan fingerprint density at radius 3 is 2.71 bits per heavy atom. The predicted octanol–water partition coefficient (Wildman–Crippen LogP) is 3.56. The van der Waals surface area contributed by atoms with Crippen LogP contribution in [0.2, 0.25) is 0 Å². The van der Waals surface area contributed by atoms with E-state index in [2.05, 4.69) is 13.8 Å². The van der Waals surface area contributed by atoms with Crippen LogP contribution in [-0.2, 0) is 4.74 Å². The number of hydrogen-bond acceptors (Lipinski definition) is 2. The highest BCUT2D eigenvalue weighted by atomic mass is 19.1. The van der Waals surface area contributed by atoms with Gasteiger partial charge in [0, 0.05) is 0 Å². The fourth-order valence-corrected chi connectivity index (χ4v) is 1.39. The molecule has 0 N–H and O–H groups in total. The lowest BCUT2D eigenvalue weighted by atomic mass is 10.1. The molecular formula is C13H16F2O2. The third-order valence-corrected chi connectivity index (χ3v) is 2.31. The lowest BCUT2D eigenvalue weighted by Crippen LogP contribution is -2.09. The third kappa shape index (κ3) is 4.51. The average Bonchev–Trinajstić information content (AvgIpc) is 2.27. The first-order valence-corrected chi connectivity index (χ1v) is 5.63. The van der Waals surface area contributed by atoms with E-state index in [1.807, 2.05) is 0 Å². The molecule has 0 atom stereocenters. The highest BCUT2D eigenvalue weighted by molar-refractivity contribution is 5.89. The van der Waals surface area contributed by atoms with E-state index in [4.69, 9.17) is 4.74 Å². The van der Waals surface area contributed by atoms with Gasteiger partial charge in [-0.2, -0.15) is 0 Å². The largest absolute Gasteiger partial charge is 0.462 e. The molecule has 0 aliphatic rings. The van der Waals surface area contributed by atoms with Crippen molar-refractivity contribution in [3.05, 3.63) is 35.4 Å². The Morgan fingerprint density at radius 1 is 1.35 bits per heavy atom. The second-order valence-electron chi connectivity index (χ2n) is 4.30. The summed E-state index contributed by atoms with van der Waals surface area (Å²) in [5.74, 6) is -1.70. The van der Waals surface area contributed by atoms with Crippen molar-refractivity contribution in [2.24, 2.45) is 5.92 Å². The van der Waals surface area contributed by atoms with E-state index < -0.39 is 17.6 Å². The van der Waals surface area contributed by atoms with Crippen molar-refractivity contribution in [3.8, 4) is 0 Å². The molecule has 1 rings (SSSR count). The van der Waals surface area contributed by atoms with Crippen molar-refractivity contribution in [2.45, 2.75) is 26.7 Å². The molecule has 0 heterocycles. The van der Waals surface area contributed by atoms with Crippen LogP contribution in [0.5, 0.6) is 0 Å². The van der Waals surface area contributed by atoms with Gasteiger partial charge in [0.1, 0.15) is 11.6 Å². The van der Waals surface area contributed by atoms with Gasteiger partial charge in [0.2, 0.25) is 0 Å². The molecule has 0 amide bonds. The molecule has 0 saturated carbocycles. The lowest BCUT2D eigenvalue weighted by molar-refractivity contribution is 0.0489. The summed E-state index contributed by atoms with van der Waals surface area (Å²) < 4.78 is 30.9. The fourth-order valence-electron chi connectivity index (χ4n) is 1.39. The van der Waals surface area contributed by atoms with Crippen LogP contribution in [0.3, 0.4) is 0 Å². The Hall–Kier alpha value is -1.45. The van der Waals surface area contributed by atoms with Gasteiger partial charge in [-0.1, -0.05) is 13.8 Å². The second-order valence-corrected chi connectivity index (χ2v) is 4.30. The van der Waals surface area contributed by atoms with Crippen molar-refractivity contribution >= 4 is 5.97 Å². The normalized spacial score (nSPS) is 10.6. The maximum Gasteiger partial charge on any atom is 0.341 e. The van der Waals surface area contributed by atoms with Crippen molar-refractivity contribution in [2.75, 3.05) is 6.61 Å². The van der Waals surface area contributed by atoms with Gasteiger partial charge in [-0.05, 0) is 37.0 Å². The molecule has 0 bridgehead atoms. The quantitative estimate of drug-likeness (QED) is 0.583. The maximum atomic E-state index is 13.2. The molecule has 0 aliphatic carbocycles. The molecule has 4 heteroatoms. The monoisotopic (exact) mass is 242 g/mol. The standard InChI is InChI=1S/C13H16F2O2/c1-9(2)4-3-7-17-13(16)11-8-10(14)5-6-12(11)15/h5-6,8-9H,3-4,7H2,1-2H3. The molecule has 0 saturated heterocycles. The minimum atomic E-state index is -0.814. The van der Waals surface area contributed by atoms with Crippen molar-refractivity contribution < 1.29 is 18.3 Å². The van der Waals surface area contributed by atoms with Gasteiger partial charge in [-0.25, -0.2) is 13.6 Å². The molecule has 94 valence electrons. The number of halogens is 2. The SMILES string of the molecule is CC(C)CCCOC(=O)c1cc(F)ccc1F. The number of rotatable bonds is 5. The molecule has 1 aromatic carbocycles. The number of ether oxygens (including phenoxy) is 1. The van der Waals surface area contributed by atoms with Gasteiger partial charge in [0.15, 0.2) is 0 Å². The summed E-state index contributed by atoms with van der Waals surface area (Å²) in [6.07, 6.45) is 1.65. The number of hydrogen-bond donors (Lipinski definition) is 0. The van der Waals surface area contributed by atoms with E-state index in [-0.39, 0.29) is 12.2 Å². The van der Waals surface area contributed by atoms with Gasteiger partial charge in [-0.3, -0.25) is 0 Å². The summed E-state index contributed by atoms with van der Waals surface area (Å²) >= 11 is 0. The molecular weight excluding hydrogens is 226 g/mol. The molecule has 0 fully saturated rings. The van der Waals surface area contributed by atoms with Crippen LogP contribution in [0, 0.1) is 17.6 Å². The highest BCUT2D eigenvalue weighted by Crippen LogP contribution is 2.11. The molecule has 0 spiro atoms. The first kappa shape index (κ1) is 13.6. The number of benzene rings is 1. The van der Waals surface area contributed by atoms with Gasteiger partial charge in [0.05, 0.1) is 12.2 Å². The Labute approximate surface area is 99.6 Å². The smallest absolute Gasteiger partial charge is 0.341 e. The van der Waals surface area contributed by atoms with Crippen LogP contribution in [0.4, 0.5) is 8.78 Å². The Kier molecular flexibility index (Phi) is 5.07. The zero-order valence-electron chi connectivity index (χ0n) is 10.0. The van der Waals surface area contributed by atoms with E-state index in [1.54, 1.807) is 0 Å². The summed E-state index contributed by atoms with van der Waals surface area (Å²) in [6, 6.07) is 2.73. The zero-order valence-corrected chi connectivity index (χ0v) is 10.0. The molecule has 0 unspecified atom stereocenters. The lowest BCUT2D eigenvalue weighted by Gasteiger charge is -2.07. The van der Waals surface area contributed by atoms with E-state index in [9.17, 15) is 13.6 Å². The highest BCUT2D eigenvalue weighted by Gasteiger charge is 2.13. The Balaban J connectivity index is 2.49. The molecule has 1 aromatic rings. The summed E-state index contributed by atoms with van der Waals surface area (Å²) in [5.41, 5.74) is -0.352. The fraction of sp³-hybridized carbons (Fsp3) is 0.462. The Morgan fingerprint density at radius 2 is 2.06 bits per heavy atom. The van der Waals surface area contributed by atoms with Crippen LogP contribution < -0.4 is 0 Å². The van der Waals surface area contributed by atoms with Crippen molar-refractivity contribution in [1.82, 2.24) is 0 Å². The predicted molar refractivity (Wildman–Crippen MR) is 60.7 cm³/mol. The van der Waals surface area contributed by atoms with E-state index in [0.29, 0.717) is 5.92 Å². The summed E-state index contributed by atoms with van der Waals surface area (Å²) in [7, 11) is 0. The summed E-state index contributed by atoms with van der Waals surface area (Å²) in [4.78, 5) is 11.4. The summed E-state index contributed by atoms with van der Waals surface area (Å²) in [6.45, 7) is 4.36. The minimum Gasteiger partial charge on any atom is -0.462 e. The van der Waals surface area contributed by atoms with Crippen LogP contribution in [-0.4, -0.2) is 12.6 Å². The average molecular weight is 242 g/mol. The molecule has 0 aromatic heterocycles. The maximum absolute atomic E-state index is 13.2. The van der Waals surface area contributed by atoms with Crippen molar-refractivity contribution in [3.63, 3.8) is 0 Å². The Bertz CT molecular complexity index is 389. The number of esters is 1. The third-order valence-electron chi connectivity index (χ3n) is 2.31. The van der Waals surface area contributed by atoms with Crippen molar-refractivity contribution in [1.29, 1.82) is 0 Å². The first-order chi connectivity index (χ1) is 8.00. The van der Waals surface area contributed by atoms with Crippen LogP contribution in [0.1, 0.15) is 37.0 Å². The first-order valence-electron chi connectivity index (χ1n) is 5.63. The van der Waals surface area contributed by atoms with E-state index >= 15 is 0 Å². The molecule has 0 aliphatic heterocycles. The molecule has 2 nitrogen and oxygen atoms in total. The van der Waals surface area contributed by atoms with Gasteiger partial charge in [-0.15, -0.1) is 0 Å². The van der Waals surface area contributed by atoms with E-state index in [0.717, 1.165) is 31.0 Å². The van der Waals surface area contributed by atoms with Gasteiger partial charge < -0.3 is 4.74 Å². The van der Waals surface area contributed by atoms with Gasteiger partial charge >= 0.3 is 5.97 Å². The topological polar surface area (TPSA) is 26.3 Å². The van der Waals surface area contributed by atoms with Crippen LogP contribution in [0.25, 0.3) is 0 Å². The van der Waals surface area contributed by atoms with E-state index in [1.165, 1.54) is 0 Å². The second kappa shape index (κ2) is 6.33. The molecule has 0 radical (unpaired) electrons. The number of carbonyl (C=O) groups excluding carboxylic acids is 1. The minimum absolute atomic E-state index is 0.229.